The SMILES string of the molecule is C1CCOC1.C=CC(=O)Cl.C=CC(=O)Nc1cccc(-c2cc(-c3ccccc3)cc3c(N)ncnc23)c1.Nc1cccc(-c2cc(-c3ccccc3)cc3c(N)ncnc23)c1. The highest BCUT2D eigenvalue weighted by atomic mass is 35.5. The van der Waals surface area contributed by atoms with Gasteiger partial charge in [0.15, 0.2) is 0 Å². The molecule has 11 nitrogen and oxygen atoms in total. The first-order chi connectivity index (χ1) is 30.1. The fourth-order valence-corrected chi connectivity index (χ4v) is 6.58. The number of nitrogen functional groups attached to an aromatic ring is 3. The number of nitrogens with two attached hydrogens (primary N) is 3. The lowest BCUT2D eigenvalue weighted by atomic mass is 9.95. The van der Waals surface area contributed by atoms with Crippen LogP contribution in [0.2, 0.25) is 0 Å². The van der Waals surface area contributed by atoms with Gasteiger partial charge in [-0.05, 0) is 119 Å². The molecule has 0 aliphatic carbocycles. The highest BCUT2D eigenvalue weighted by Crippen LogP contribution is 2.37. The molecule has 62 heavy (non-hydrogen) atoms. The Balaban J connectivity index is 0.000000170. The van der Waals surface area contributed by atoms with Crippen molar-refractivity contribution >= 4 is 67.6 Å². The van der Waals surface area contributed by atoms with Crippen molar-refractivity contribution in [2.24, 2.45) is 0 Å². The van der Waals surface area contributed by atoms with E-state index in [0.717, 1.165) is 85.6 Å². The van der Waals surface area contributed by atoms with Gasteiger partial charge in [0.1, 0.15) is 24.3 Å². The number of hydrogen-bond acceptors (Lipinski definition) is 10. The van der Waals surface area contributed by atoms with Crippen molar-refractivity contribution in [1.29, 1.82) is 0 Å². The van der Waals surface area contributed by atoms with E-state index in [0.29, 0.717) is 23.0 Å². The molecule has 0 unspecified atom stereocenters. The molecule has 2 aromatic heterocycles. The van der Waals surface area contributed by atoms with E-state index in [1.54, 1.807) is 0 Å². The molecule has 0 atom stereocenters. The van der Waals surface area contributed by atoms with Crippen LogP contribution < -0.4 is 22.5 Å². The number of rotatable bonds is 7. The quantitative estimate of drug-likeness (QED) is 0.0684. The second-order valence-corrected chi connectivity index (χ2v) is 14.2. The van der Waals surface area contributed by atoms with Crippen molar-refractivity contribution < 1.29 is 14.3 Å². The molecule has 8 aromatic rings. The minimum absolute atomic E-state index is 0.258. The second-order valence-electron chi connectivity index (χ2n) is 13.8. The van der Waals surface area contributed by atoms with Crippen LogP contribution in [0.15, 0.2) is 171 Å². The summed E-state index contributed by atoms with van der Waals surface area (Å²) in [6, 6.07) is 43.9. The van der Waals surface area contributed by atoms with Crippen molar-refractivity contribution in [3.05, 3.63) is 171 Å². The Labute approximate surface area is 365 Å². The first-order valence-electron chi connectivity index (χ1n) is 19.6. The first kappa shape index (κ1) is 43.8. The highest BCUT2D eigenvalue weighted by Gasteiger charge is 2.14. The number of hydrogen-bond donors (Lipinski definition) is 4. The summed E-state index contributed by atoms with van der Waals surface area (Å²) >= 11 is 4.71. The summed E-state index contributed by atoms with van der Waals surface area (Å²) in [4.78, 5) is 38.3. The monoisotopic (exact) mass is 840 g/mol. The van der Waals surface area contributed by atoms with Crippen LogP contribution in [0.1, 0.15) is 12.8 Å². The van der Waals surface area contributed by atoms with Gasteiger partial charge in [-0.2, -0.15) is 0 Å². The van der Waals surface area contributed by atoms with Gasteiger partial charge in [-0.3, -0.25) is 9.59 Å². The van der Waals surface area contributed by atoms with Gasteiger partial charge in [-0.1, -0.05) is 98.1 Å². The first-order valence-corrected chi connectivity index (χ1v) is 20.0. The molecule has 0 spiro atoms. The standard InChI is InChI=1S/C23H18N4O.C20H16N4.C4H8O.C3H3ClO/c1-2-21(28)27-18-10-6-9-16(11-18)19-12-17(15-7-4-3-5-8-15)13-20-22(19)25-14-26-23(20)24;21-16-8-4-7-14(9-16)17-10-15(13-5-2-1-3-6-13)11-18-19(17)23-12-24-20(18)22;1-2-4-5-3-1;1-2-3(4)5/h2-14H,1H2,(H,27,28)(H2,24,25,26);1-12H,21H2,(H2,22,23,24);1-4H2;2H,1H2. The maximum absolute atomic E-state index is 11.7. The lowest BCUT2D eigenvalue weighted by molar-refractivity contribution is -0.112. The van der Waals surface area contributed by atoms with E-state index in [2.05, 4.69) is 62.7 Å². The van der Waals surface area contributed by atoms with E-state index >= 15 is 0 Å². The van der Waals surface area contributed by atoms with Crippen LogP contribution in [0.5, 0.6) is 0 Å². The van der Waals surface area contributed by atoms with Gasteiger partial charge in [0.05, 0.1) is 11.0 Å². The third kappa shape index (κ3) is 11.5. The lowest BCUT2D eigenvalue weighted by Crippen LogP contribution is -2.07. The number of benzene rings is 6. The van der Waals surface area contributed by atoms with Gasteiger partial charge in [-0.15, -0.1) is 0 Å². The van der Waals surface area contributed by atoms with E-state index in [1.165, 1.54) is 31.6 Å². The molecule has 1 aliphatic heterocycles. The summed E-state index contributed by atoms with van der Waals surface area (Å²) in [6.07, 6.45) is 7.80. The van der Waals surface area contributed by atoms with E-state index in [1.807, 2.05) is 109 Å². The van der Waals surface area contributed by atoms with Crippen LogP contribution in [-0.4, -0.2) is 44.3 Å². The highest BCUT2D eigenvalue weighted by molar-refractivity contribution is 6.66. The largest absolute Gasteiger partial charge is 0.399 e. The second kappa shape index (κ2) is 21.5. The lowest BCUT2D eigenvalue weighted by Gasteiger charge is -2.12. The van der Waals surface area contributed by atoms with Gasteiger partial charge >= 0.3 is 0 Å². The molecule has 3 heterocycles. The Morgan fingerprint density at radius 1 is 0.565 bits per heavy atom. The molecule has 0 saturated carbocycles. The predicted octanol–water partition coefficient (Wildman–Crippen LogP) is 10.5. The number of carbonyl (C=O) groups is 2. The van der Waals surface area contributed by atoms with Crippen molar-refractivity contribution in [1.82, 2.24) is 19.9 Å². The molecule has 0 bridgehead atoms. The van der Waals surface area contributed by atoms with E-state index in [9.17, 15) is 9.59 Å². The topological polar surface area (TPSA) is 185 Å². The van der Waals surface area contributed by atoms with E-state index < -0.39 is 5.24 Å². The fraction of sp³-hybridized carbons (Fsp3) is 0.0800. The summed E-state index contributed by atoms with van der Waals surface area (Å²) < 4.78 is 4.94. The Bertz CT molecular complexity index is 2830. The molecule has 1 saturated heterocycles. The van der Waals surface area contributed by atoms with E-state index in [-0.39, 0.29) is 5.91 Å². The number of halogens is 1. The van der Waals surface area contributed by atoms with Gasteiger partial charge in [0.2, 0.25) is 11.1 Å². The van der Waals surface area contributed by atoms with Gasteiger partial charge in [0.25, 0.3) is 0 Å². The predicted molar refractivity (Wildman–Crippen MR) is 254 cm³/mol. The van der Waals surface area contributed by atoms with Gasteiger partial charge < -0.3 is 27.3 Å². The number of aromatic nitrogens is 4. The third-order valence-electron chi connectivity index (χ3n) is 9.57. The van der Waals surface area contributed by atoms with Crippen LogP contribution in [0.3, 0.4) is 0 Å². The minimum Gasteiger partial charge on any atom is -0.399 e. The van der Waals surface area contributed by atoms with Gasteiger partial charge in [0, 0.05) is 46.5 Å². The molecular formula is C50H45ClN8O3. The zero-order valence-corrected chi connectivity index (χ0v) is 34.6. The van der Waals surface area contributed by atoms with Crippen molar-refractivity contribution in [3.63, 3.8) is 0 Å². The summed E-state index contributed by atoms with van der Waals surface area (Å²) in [5.74, 6) is 0.648. The van der Waals surface area contributed by atoms with Crippen LogP contribution >= 0.6 is 11.6 Å². The molecule has 9 rings (SSSR count). The summed E-state index contributed by atoms with van der Waals surface area (Å²) in [6.45, 7) is 8.57. The molecule has 310 valence electrons. The Kier molecular flexibility index (Phi) is 15.2. The Morgan fingerprint density at radius 2 is 1.03 bits per heavy atom. The number of nitrogens with one attached hydrogen (secondary N) is 1. The molecule has 12 heteroatoms. The number of allylic oxidation sites excluding steroid dienone is 1. The van der Waals surface area contributed by atoms with E-state index in [4.69, 9.17) is 33.5 Å². The number of nitrogens with zero attached hydrogens (tertiary/aromatic N) is 4. The van der Waals surface area contributed by atoms with Crippen molar-refractivity contribution in [2.75, 3.05) is 35.7 Å². The van der Waals surface area contributed by atoms with Crippen LogP contribution in [-0.2, 0) is 14.3 Å². The Hall–Kier alpha value is -7.73. The molecule has 7 N–H and O–H groups in total. The zero-order valence-electron chi connectivity index (χ0n) is 33.9. The third-order valence-corrected chi connectivity index (χ3v) is 9.72. The average Bonchev–Trinajstić information content (AvgIpc) is 3.91. The van der Waals surface area contributed by atoms with Gasteiger partial charge in [-0.25, -0.2) is 19.9 Å². The van der Waals surface area contributed by atoms with Crippen molar-refractivity contribution in [3.8, 4) is 44.5 Å². The molecule has 1 amide bonds. The number of fused-ring (bicyclic) bond motifs is 2. The number of ether oxygens (including phenoxy) is 1. The normalized spacial score (nSPS) is 11.4. The molecule has 1 aliphatic rings. The minimum atomic E-state index is -0.509. The smallest absolute Gasteiger partial charge is 0.247 e. The number of amides is 1. The zero-order chi connectivity index (χ0) is 43.8. The maximum atomic E-state index is 11.7. The maximum Gasteiger partial charge on any atom is 0.247 e. The summed E-state index contributed by atoms with van der Waals surface area (Å²) in [7, 11) is 0. The molecular weight excluding hydrogens is 796 g/mol. The average molecular weight is 841 g/mol. The van der Waals surface area contributed by atoms with Crippen LogP contribution in [0, 0.1) is 0 Å². The molecule has 1 fully saturated rings. The Morgan fingerprint density at radius 3 is 1.47 bits per heavy atom. The van der Waals surface area contributed by atoms with Crippen LogP contribution in [0.4, 0.5) is 23.0 Å². The fourth-order valence-electron chi connectivity index (χ4n) is 6.58. The summed E-state index contributed by atoms with van der Waals surface area (Å²) in [5, 5.41) is 3.92. The molecule has 6 aromatic carbocycles. The number of anilines is 4. The van der Waals surface area contributed by atoms with Crippen molar-refractivity contribution in [2.45, 2.75) is 12.8 Å². The summed E-state index contributed by atoms with van der Waals surface area (Å²) in [5.41, 5.74) is 29.3. The molecule has 0 radical (unpaired) electrons. The number of carbonyl (C=O) groups excluding carboxylic acids is 2. The van der Waals surface area contributed by atoms with Crippen LogP contribution in [0.25, 0.3) is 66.3 Å².